The molecule has 11 heteroatoms. The lowest BCUT2D eigenvalue weighted by atomic mass is 9.95. The Labute approximate surface area is 218 Å². The number of carbonyl (C=O) groups excluding carboxylic acids is 2. The predicted molar refractivity (Wildman–Crippen MR) is 135 cm³/mol. The van der Waals surface area contributed by atoms with Crippen LogP contribution < -0.4 is 14.9 Å². The highest BCUT2D eigenvalue weighted by Gasteiger charge is 2.33. The van der Waals surface area contributed by atoms with E-state index < -0.39 is 17.6 Å². The number of rotatable bonds is 6. The second-order valence-electron chi connectivity index (χ2n) is 10.8. The topological polar surface area (TPSA) is 75.9 Å². The molecule has 1 N–H and O–H groups in total. The molecule has 7 nitrogen and oxygen atoms in total. The van der Waals surface area contributed by atoms with Gasteiger partial charge in [0.2, 0.25) is 5.91 Å². The summed E-state index contributed by atoms with van der Waals surface area (Å²) >= 11 is 1.32. The maximum atomic E-state index is 13.5. The second kappa shape index (κ2) is 10.6. The molecular weight excluding hydrogens is 505 g/mol. The number of likely N-dealkylation sites (tertiary alicyclic amines) is 1. The van der Waals surface area contributed by atoms with Gasteiger partial charge in [-0.05, 0) is 56.5 Å². The number of thiazole rings is 1. The Hall–Kier alpha value is -2.66. The summed E-state index contributed by atoms with van der Waals surface area (Å²) in [4.78, 5) is 32.8. The number of amides is 2. The van der Waals surface area contributed by atoms with Gasteiger partial charge in [-0.2, -0.15) is 18.2 Å². The van der Waals surface area contributed by atoms with Crippen molar-refractivity contribution in [2.75, 3.05) is 20.2 Å². The van der Waals surface area contributed by atoms with Crippen LogP contribution in [0.5, 0.6) is 5.75 Å². The van der Waals surface area contributed by atoms with Gasteiger partial charge >= 0.3 is 6.18 Å². The molecular formula is C26H33F3N4O3S. The number of alkyl halides is 3. The molecule has 2 aliphatic heterocycles. The Balaban J connectivity index is 1.70. The molecule has 202 valence electrons. The number of nitrogens with zero attached hydrogens (tertiary/aromatic N) is 3. The predicted octanol–water partition coefficient (Wildman–Crippen LogP) is 4.36. The summed E-state index contributed by atoms with van der Waals surface area (Å²) in [6.07, 6.45) is 0.347. The molecule has 1 aromatic heterocycles. The van der Waals surface area contributed by atoms with E-state index in [9.17, 15) is 22.8 Å². The lowest BCUT2D eigenvalue weighted by Gasteiger charge is -2.20. The molecule has 1 aromatic carbocycles. The van der Waals surface area contributed by atoms with Gasteiger partial charge in [-0.15, -0.1) is 11.3 Å². The van der Waals surface area contributed by atoms with Gasteiger partial charge in [-0.25, -0.2) is 0 Å². The fourth-order valence-corrected chi connectivity index (χ4v) is 5.57. The summed E-state index contributed by atoms with van der Waals surface area (Å²) in [5.74, 6) is -0.734. The molecule has 0 bridgehead atoms. The smallest absolute Gasteiger partial charge is 0.416 e. The molecule has 2 atom stereocenters. The first kappa shape index (κ1) is 27.4. The molecule has 0 radical (unpaired) electrons. The summed E-state index contributed by atoms with van der Waals surface area (Å²) in [6, 6.07) is 2.99. The van der Waals surface area contributed by atoms with Gasteiger partial charge in [0.05, 0.1) is 11.1 Å². The molecule has 2 saturated heterocycles. The molecule has 2 fully saturated rings. The van der Waals surface area contributed by atoms with Gasteiger partial charge in [0.25, 0.3) is 5.91 Å². The van der Waals surface area contributed by atoms with Crippen LogP contribution in [0.2, 0.25) is 0 Å². The third kappa shape index (κ3) is 6.62. The van der Waals surface area contributed by atoms with Crippen molar-refractivity contribution in [2.45, 2.75) is 76.7 Å². The number of nitrogens with one attached hydrogen (secondary N) is 1. The number of hydrogen-bond acceptors (Lipinski definition) is 5. The minimum atomic E-state index is -4.61. The molecule has 0 unspecified atom stereocenters. The average molecular weight is 539 g/mol. The minimum Gasteiger partial charge on any atom is -0.491 e. The van der Waals surface area contributed by atoms with Crippen molar-refractivity contribution >= 4 is 23.2 Å². The van der Waals surface area contributed by atoms with Crippen LogP contribution in [-0.4, -0.2) is 53.6 Å². The summed E-state index contributed by atoms with van der Waals surface area (Å²) in [6.45, 7) is 7.72. The zero-order valence-corrected chi connectivity index (χ0v) is 22.3. The van der Waals surface area contributed by atoms with Crippen molar-refractivity contribution in [2.24, 2.45) is 4.99 Å². The second-order valence-corrected chi connectivity index (χ2v) is 11.8. The standard InChI is InChI=1S/C26H33F3N4O3S/c1-25(2,3)21-14-33(13-17-8-10-22(34)30-17)24(37-21)31-23(35)19-12-16(26(27,28)29)7-9-20(19)36-15-18-6-5-11-32(18)4/h7,9,12,14,17-18H,5-6,8,10-11,13,15H2,1-4H3,(H,30,34)/b31-24-/t17-,18-/m0/s1. The molecule has 2 aliphatic rings. The zero-order valence-electron chi connectivity index (χ0n) is 21.5. The Bertz CT molecular complexity index is 1230. The number of likely N-dealkylation sites (N-methyl/N-ethyl adjacent to an activating group) is 1. The van der Waals surface area contributed by atoms with E-state index in [-0.39, 0.29) is 41.3 Å². The van der Waals surface area contributed by atoms with Crippen molar-refractivity contribution in [3.05, 3.63) is 45.2 Å². The summed E-state index contributed by atoms with van der Waals surface area (Å²) in [5, 5.41) is 2.91. The van der Waals surface area contributed by atoms with E-state index in [1.807, 2.05) is 34.0 Å². The maximum absolute atomic E-state index is 13.5. The molecule has 0 aliphatic carbocycles. The first-order valence-electron chi connectivity index (χ1n) is 12.4. The van der Waals surface area contributed by atoms with Crippen LogP contribution in [0.3, 0.4) is 0 Å². The van der Waals surface area contributed by atoms with E-state index in [4.69, 9.17) is 4.74 Å². The number of halogens is 3. The number of carbonyl (C=O) groups is 2. The van der Waals surface area contributed by atoms with Crippen LogP contribution in [0, 0.1) is 0 Å². The molecule has 3 heterocycles. The molecule has 0 spiro atoms. The highest BCUT2D eigenvalue weighted by molar-refractivity contribution is 7.09. The third-order valence-corrected chi connectivity index (χ3v) is 8.24. The van der Waals surface area contributed by atoms with Crippen LogP contribution >= 0.6 is 11.3 Å². The molecule has 2 aromatic rings. The van der Waals surface area contributed by atoms with Crippen LogP contribution in [0.25, 0.3) is 0 Å². The van der Waals surface area contributed by atoms with E-state index >= 15 is 0 Å². The number of hydrogen-bond donors (Lipinski definition) is 1. The monoisotopic (exact) mass is 538 g/mol. The van der Waals surface area contributed by atoms with Gasteiger partial charge in [0.1, 0.15) is 12.4 Å². The summed E-state index contributed by atoms with van der Waals surface area (Å²) in [5.41, 5.74) is -1.37. The third-order valence-electron chi connectivity index (χ3n) is 6.80. The van der Waals surface area contributed by atoms with Crippen LogP contribution in [0.1, 0.15) is 67.3 Å². The molecule has 0 saturated carbocycles. The van der Waals surface area contributed by atoms with Gasteiger partial charge in [0, 0.05) is 36.1 Å². The summed E-state index contributed by atoms with van der Waals surface area (Å²) in [7, 11) is 1.98. The minimum absolute atomic E-state index is 0.0231. The highest BCUT2D eigenvalue weighted by Crippen LogP contribution is 2.33. The maximum Gasteiger partial charge on any atom is 0.416 e. The van der Waals surface area contributed by atoms with Crippen molar-refractivity contribution < 1.29 is 27.5 Å². The lowest BCUT2D eigenvalue weighted by molar-refractivity contribution is -0.137. The fraction of sp³-hybridized carbons (Fsp3) is 0.577. The lowest BCUT2D eigenvalue weighted by Crippen LogP contribution is -2.32. The number of ether oxygens (including phenoxy) is 1. The Morgan fingerprint density at radius 2 is 2.00 bits per heavy atom. The zero-order chi connectivity index (χ0) is 27.0. The highest BCUT2D eigenvalue weighted by atomic mass is 32.1. The summed E-state index contributed by atoms with van der Waals surface area (Å²) < 4.78 is 48.2. The quantitative estimate of drug-likeness (QED) is 0.593. The Morgan fingerprint density at radius 3 is 2.59 bits per heavy atom. The van der Waals surface area contributed by atoms with Crippen molar-refractivity contribution in [3.8, 4) is 5.75 Å². The first-order chi connectivity index (χ1) is 17.3. The number of benzene rings is 1. The Morgan fingerprint density at radius 1 is 1.24 bits per heavy atom. The van der Waals surface area contributed by atoms with Crippen molar-refractivity contribution in [1.29, 1.82) is 0 Å². The first-order valence-corrected chi connectivity index (χ1v) is 13.3. The Kier molecular flexibility index (Phi) is 7.85. The normalized spacial score (nSPS) is 21.5. The van der Waals surface area contributed by atoms with E-state index in [0.29, 0.717) is 24.2 Å². The number of aromatic nitrogens is 1. The van der Waals surface area contributed by atoms with Crippen LogP contribution in [-0.2, 0) is 22.9 Å². The molecule has 2 amide bonds. The SMILES string of the molecule is CN1CCC[C@H]1COc1ccc(C(F)(F)F)cc1C(=O)/N=c1\sc(C(C)(C)C)cn1C[C@@H]1CCC(=O)N1. The van der Waals surface area contributed by atoms with Gasteiger partial charge in [-0.1, -0.05) is 20.8 Å². The fourth-order valence-electron chi connectivity index (χ4n) is 4.52. The largest absolute Gasteiger partial charge is 0.491 e. The van der Waals surface area contributed by atoms with E-state index in [2.05, 4.69) is 15.2 Å². The molecule has 37 heavy (non-hydrogen) atoms. The van der Waals surface area contributed by atoms with Crippen molar-refractivity contribution in [3.63, 3.8) is 0 Å². The molecule has 4 rings (SSSR count). The average Bonchev–Trinajstić information content (AvgIpc) is 3.52. The van der Waals surface area contributed by atoms with E-state index in [1.54, 1.807) is 4.57 Å². The van der Waals surface area contributed by atoms with Crippen LogP contribution in [0.15, 0.2) is 29.4 Å². The van der Waals surface area contributed by atoms with Gasteiger partial charge in [0.15, 0.2) is 4.80 Å². The van der Waals surface area contributed by atoms with E-state index in [1.165, 1.54) is 17.4 Å². The van der Waals surface area contributed by atoms with E-state index in [0.717, 1.165) is 36.4 Å². The van der Waals surface area contributed by atoms with Crippen LogP contribution in [0.4, 0.5) is 13.2 Å². The van der Waals surface area contributed by atoms with Gasteiger partial charge < -0.3 is 19.5 Å². The van der Waals surface area contributed by atoms with Gasteiger partial charge in [-0.3, -0.25) is 9.59 Å². The van der Waals surface area contributed by atoms with Crippen molar-refractivity contribution in [1.82, 2.24) is 14.8 Å².